The van der Waals surface area contributed by atoms with Gasteiger partial charge in [0.2, 0.25) is 0 Å². The first-order valence-electron chi connectivity index (χ1n) is 5.89. The molecule has 1 atom stereocenters. The van der Waals surface area contributed by atoms with Crippen LogP contribution in [0.5, 0.6) is 0 Å². The number of carbonyl (C=O) groups is 2. The van der Waals surface area contributed by atoms with Crippen molar-refractivity contribution >= 4 is 17.7 Å². The third-order valence-electron chi connectivity index (χ3n) is 2.64. The molecule has 0 radical (unpaired) electrons. The molecule has 0 saturated heterocycles. The Kier molecular flexibility index (Phi) is 5.89. The van der Waals surface area contributed by atoms with Crippen LogP contribution in [0.1, 0.15) is 5.56 Å². The number of hydrazine groups is 1. The maximum absolute atomic E-state index is 11.7. The summed E-state index contributed by atoms with van der Waals surface area (Å²) >= 11 is 0. The van der Waals surface area contributed by atoms with E-state index in [4.69, 9.17) is 5.73 Å². The predicted octanol–water partition coefficient (Wildman–Crippen LogP) is 0.246. The minimum atomic E-state index is -1.20. The highest BCUT2D eigenvalue weighted by Crippen LogP contribution is 2.13. The van der Waals surface area contributed by atoms with Crippen molar-refractivity contribution in [2.45, 2.75) is 12.5 Å². The van der Waals surface area contributed by atoms with Gasteiger partial charge in [-0.05, 0) is 5.56 Å². The van der Waals surface area contributed by atoms with E-state index in [1.807, 2.05) is 0 Å². The zero-order valence-corrected chi connectivity index (χ0v) is 11.5. The third kappa shape index (κ3) is 4.49. The second-order valence-corrected chi connectivity index (χ2v) is 4.06. The lowest BCUT2D eigenvalue weighted by Crippen LogP contribution is -2.51. The zero-order valence-electron chi connectivity index (χ0n) is 11.5. The first kappa shape index (κ1) is 17.0. The van der Waals surface area contributed by atoms with Gasteiger partial charge in [0.1, 0.15) is 6.04 Å². The van der Waals surface area contributed by atoms with Crippen molar-refractivity contribution in [1.29, 1.82) is 0 Å². The number of primary amides is 1. The molecule has 118 valence electrons. The van der Waals surface area contributed by atoms with Gasteiger partial charge in [0.15, 0.2) is 0 Å². The number of nitro benzene ring substituents is 1. The van der Waals surface area contributed by atoms with Gasteiger partial charge in [0.25, 0.3) is 5.69 Å². The Balaban J connectivity index is 2.89. The van der Waals surface area contributed by atoms with Crippen molar-refractivity contribution in [3.05, 3.63) is 44.9 Å². The Morgan fingerprint density at radius 3 is 2.45 bits per heavy atom. The lowest BCUT2D eigenvalue weighted by atomic mass is 10.1. The summed E-state index contributed by atoms with van der Waals surface area (Å²) in [6.45, 7) is 0. The molecule has 0 aliphatic heterocycles. The molecule has 11 heteroatoms. The smallest absolute Gasteiger partial charge is 0.353 e. The molecule has 0 saturated carbocycles. The molecule has 22 heavy (non-hydrogen) atoms. The first-order chi connectivity index (χ1) is 10.4. The molecule has 0 spiro atoms. The predicted molar refractivity (Wildman–Crippen MR) is 73.0 cm³/mol. The van der Waals surface area contributed by atoms with Crippen molar-refractivity contribution in [2.75, 3.05) is 7.11 Å². The number of rotatable bonds is 7. The van der Waals surface area contributed by atoms with Crippen molar-refractivity contribution in [1.82, 2.24) is 10.5 Å². The Hall–Kier alpha value is -3.08. The van der Waals surface area contributed by atoms with Gasteiger partial charge in [0.05, 0.1) is 17.3 Å². The van der Waals surface area contributed by atoms with Crippen LogP contribution >= 0.6 is 0 Å². The average molecular weight is 311 g/mol. The number of non-ortho nitro benzene ring substituents is 1. The van der Waals surface area contributed by atoms with Crippen LogP contribution in [0.2, 0.25) is 0 Å². The second-order valence-electron chi connectivity index (χ2n) is 4.06. The number of nitrogens with two attached hydrogens (primary N) is 1. The number of hydrogen-bond donors (Lipinski definition) is 2. The van der Waals surface area contributed by atoms with Gasteiger partial charge in [-0.25, -0.2) is 4.79 Å². The summed E-state index contributed by atoms with van der Waals surface area (Å²) in [6, 6.07) is 3.04. The summed E-state index contributed by atoms with van der Waals surface area (Å²) in [6.07, 6.45) is -0.00995. The molecular formula is C11H13N5O6. The normalized spacial score (nSPS) is 11.3. The lowest BCUT2D eigenvalue weighted by Gasteiger charge is -2.19. The number of benzene rings is 1. The second kappa shape index (κ2) is 7.64. The number of carbonyl (C=O) groups excluding carboxylic acids is 2. The van der Waals surface area contributed by atoms with E-state index >= 15 is 0 Å². The molecule has 0 fully saturated rings. The highest BCUT2D eigenvalue weighted by Gasteiger charge is 2.25. The van der Waals surface area contributed by atoms with Crippen LogP contribution in [-0.4, -0.2) is 35.2 Å². The van der Waals surface area contributed by atoms with E-state index in [0.29, 0.717) is 5.56 Å². The number of nitrogens with one attached hydrogen (secondary N) is 1. The van der Waals surface area contributed by atoms with Crippen molar-refractivity contribution in [2.24, 2.45) is 11.0 Å². The van der Waals surface area contributed by atoms with Gasteiger partial charge in [-0.2, -0.15) is 5.43 Å². The van der Waals surface area contributed by atoms with Gasteiger partial charge in [-0.3, -0.25) is 14.9 Å². The molecule has 3 N–H and O–H groups in total. The third-order valence-corrected chi connectivity index (χ3v) is 2.64. The largest absolute Gasteiger partial charge is 0.468 e. The molecule has 1 rings (SSSR count). The van der Waals surface area contributed by atoms with Crippen LogP contribution in [0, 0.1) is 15.0 Å². The Morgan fingerprint density at radius 2 is 2.05 bits per heavy atom. The monoisotopic (exact) mass is 311 g/mol. The molecule has 0 aliphatic rings. The molecule has 11 nitrogen and oxygen atoms in total. The van der Waals surface area contributed by atoms with Gasteiger partial charge in [-0.1, -0.05) is 12.1 Å². The van der Waals surface area contributed by atoms with E-state index in [1.165, 1.54) is 24.3 Å². The molecule has 0 heterocycles. The van der Waals surface area contributed by atoms with E-state index < -0.39 is 23.0 Å². The number of amides is 2. The SMILES string of the molecule is COC(=O)[C@H](Cc1ccc([N+](=O)[O-])cc1)NN(N=O)C(N)=O. The zero-order chi connectivity index (χ0) is 16.7. The van der Waals surface area contributed by atoms with Crippen molar-refractivity contribution in [3.63, 3.8) is 0 Å². The fourth-order valence-corrected chi connectivity index (χ4v) is 1.59. The Morgan fingerprint density at radius 1 is 1.45 bits per heavy atom. The summed E-state index contributed by atoms with van der Waals surface area (Å²) in [5, 5.41) is 13.0. The number of hydrogen-bond acceptors (Lipinski definition) is 8. The first-order valence-corrected chi connectivity index (χ1v) is 5.89. The highest BCUT2D eigenvalue weighted by molar-refractivity contribution is 5.77. The van der Waals surface area contributed by atoms with Crippen molar-refractivity contribution in [3.8, 4) is 0 Å². The number of ether oxygens (including phenoxy) is 1. The van der Waals surface area contributed by atoms with Gasteiger partial charge in [0, 0.05) is 18.6 Å². The minimum Gasteiger partial charge on any atom is -0.468 e. The number of methoxy groups -OCH3 is 1. The van der Waals surface area contributed by atoms with E-state index in [2.05, 4.69) is 15.4 Å². The Labute approximate surface area is 124 Å². The van der Waals surface area contributed by atoms with Crippen LogP contribution in [0.15, 0.2) is 29.6 Å². The fraction of sp³-hybridized carbons (Fsp3) is 0.273. The van der Waals surface area contributed by atoms with Crippen LogP contribution < -0.4 is 11.2 Å². The van der Waals surface area contributed by atoms with E-state index in [1.54, 1.807) is 0 Å². The van der Waals surface area contributed by atoms with Gasteiger partial charge in [-0.15, -0.1) is 10.0 Å². The maximum Gasteiger partial charge on any atom is 0.353 e. The van der Waals surface area contributed by atoms with Crippen LogP contribution in [0.4, 0.5) is 10.5 Å². The summed E-state index contributed by atoms with van der Waals surface area (Å²) in [4.78, 5) is 43.0. The number of urea groups is 1. The van der Waals surface area contributed by atoms with Gasteiger partial charge >= 0.3 is 12.0 Å². The van der Waals surface area contributed by atoms with E-state index in [0.717, 1.165) is 7.11 Å². The number of esters is 1. The standard InChI is InChI=1S/C11H13N5O6/c1-22-10(17)9(13-15(14-19)11(12)18)6-7-2-4-8(5-3-7)16(20)21/h2-5,9,13H,6H2,1H3,(H2,12,18)/t9-/m0/s1. The number of nitrogens with zero attached hydrogens (tertiary/aromatic N) is 3. The summed E-state index contributed by atoms with van der Waals surface area (Å²) in [7, 11) is 1.12. The van der Waals surface area contributed by atoms with Gasteiger partial charge < -0.3 is 10.5 Å². The fourth-order valence-electron chi connectivity index (χ4n) is 1.59. The lowest BCUT2D eigenvalue weighted by molar-refractivity contribution is -0.384. The summed E-state index contributed by atoms with van der Waals surface area (Å²) in [5.74, 6) is -0.770. The van der Waals surface area contributed by atoms with Crippen LogP contribution in [0.3, 0.4) is 0 Å². The van der Waals surface area contributed by atoms with Crippen molar-refractivity contribution < 1.29 is 19.2 Å². The van der Waals surface area contributed by atoms with E-state index in [-0.39, 0.29) is 17.2 Å². The molecule has 1 aromatic rings. The number of nitro groups is 1. The molecule has 0 aromatic heterocycles. The van der Waals surface area contributed by atoms with Crippen LogP contribution in [-0.2, 0) is 16.0 Å². The maximum atomic E-state index is 11.7. The Bertz CT molecular complexity index is 575. The molecule has 0 aliphatic carbocycles. The molecule has 2 amide bonds. The summed E-state index contributed by atoms with van der Waals surface area (Å²) < 4.78 is 4.54. The molecule has 0 bridgehead atoms. The molecule has 1 aromatic carbocycles. The minimum absolute atomic E-state index is 0.00995. The van der Waals surface area contributed by atoms with E-state index in [9.17, 15) is 24.6 Å². The average Bonchev–Trinajstić information content (AvgIpc) is 2.50. The topological polar surface area (TPSA) is 157 Å². The highest BCUT2D eigenvalue weighted by atomic mass is 16.6. The van der Waals surface area contributed by atoms with Crippen LogP contribution in [0.25, 0.3) is 0 Å². The number of nitroso groups, excluding NO2 is 1. The quantitative estimate of drug-likeness (QED) is 0.316. The molecular weight excluding hydrogens is 298 g/mol. The summed E-state index contributed by atoms with van der Waals surface area (Å²) in [5.41, 5.74) is 7.52. The molecule has 0 unspecified atom stereocenters.